The first kappa shape index (κ1) is 13.7. The van der Waals surface area contributed by atoms with E-state index in [1.165, 1.54) is 6.07 Å². The molecule has 0 aliphatic heterocycles. The van der Waals surface area contributed by atoms with E-state index in [1.807, 2.05) is 49.3 Å². The molecule has 0 unspecified atom stereocenters. The molecule has 0 fully saturated rings. The maximum Gasteiger partial charge on any atom is 0.364 e. The number of pyridine rings is 1. The van der Waals surface area contributed by atoms with Gasteiger partial charge < -0.3 is 15.0 Å². The lowest BCUT2D eigenvalue weighted by molar-refractivity contribution is -0.389. The lowest BCUT2D eigenvalue weighted by Crippen LogP contribution is -2.07. The van der Waals surface area contributed by atoms with Crippen LogP contribution in [0.4, 0.5) is 11.5 Å². The molecule has 0 spiro atoms. The van der Waals surface area contributed by atoms with Crippen LogP contribution in [-0.4, -0.2) is 24.0 Å². The fourth-order valence-corrected chi connectivity index (χ4v) is 1.70. The van der Waals surface area contributed by atoms with Crippen molar-refractivity contribution < 1.29 is 4.92 Å². The number of rotatable bonds is 4. The van der Waals surface area contributed by atoms with Gasteiger partial charge >= 0.3 is 5.82 Å². The minimum Gasteiger partial charge on any atom is -0.378 e. The third kappa shape index (κ3) is 3.41. The molecule has 2 rings (SSSR count). The minimum atomic E-state index is -0.497. The number of benzene rings is 1. The molecular weight excluding hydrogens is 254 g/mol. The molecule has 102 valence electrons. The Kier molecular flexibility index (Phi) is 4.10. The molecule has 20 heavy (non-hydrogen) atoms. The average Bonchev–Trinajstić information content (AvgIpc) is 2.46. The van der Waals surface area contributed by atoms with Gasteiger partial charge in [0.15, 0.2) is 5.69 Å². The monoisotopic (exact) mass is 269 g/mol. The first-order valence-electron chi connectivity index (χ1n) is 6.13. The van der Waals surface area contributed by atoms with Crippen molar-refractivity contribution >= 4 is 23.7 Å². The van der Waals surface area contributed by atoms with Crippen LogP contribution in [0.3, 0.4) is 0 Å². The van der Waals surface area contributed by atoms with Crippen molar-refractivity contribution in [1.29, 1.82) is 0 Å². The Bertz CT molecular complexity index is 634. The Balaban J connectivity index is 2.16. The highest BCUT2D eigenvalue weighted by Crippen LogP contribution is 2.15. The summed E-state index contributed by atoms with van der Waals surface area (Å²) in [5.41, 5.74) is 2.70. The molecule has 1 aromatic carbocycles. The minimum absolute atomic E-state index is 0.143. The standard InChI is InChI=1S/C15H15N3O2/c1-17(2)14-10-7-12(8-11-14)6-9-13-4-3-5-15(16-13)18(19)20/h3-11H,1-2H3/b9-6+. The van der Waals surface area contributed by atoms with E-state index in [2.05, 4.69) is 4.98 Å². The normalized spacial score (nSPS) is 10.7. The smallest absolute Gasteiger partial charge is 0.364 e. The van der Waals surface area contributed by atoms with Gasteiger partial charge in [0.1, 0.15) is 0 Å². The van der Waals surface area contributed by atoms with Crippen LogP contribution in [0, 0.1) is 10.1 Å². The molecule has 0 radical (unpaired) electrons. The second-order valence-electron chi connectivity index (χ2n) is 4.50. The molecule has 0 N–H and O–H groups in total. The third-order valence-corrected chi connectivity index (χ3v) is 2.80. The average molecular weight is 269 g/mol. The second kappa shape index (κ2) is 5.97. The van der Waals surface area contributed by atoms with Crippen molar-refractivity contribution in [3.63, 3.8) is 0 Å². The Morgan fingerprint density at radius 2 is 1.80 bits per heavy atom. The predicted octanol–water partition coefficient (Wildman–Crippen LogP) is 3.23. The first-order valence-corrected chi connectivity index (χ1v) is 6.13. The van der Waals surface area contributed by atoms with Gasteiger partial charge in [-0.15, -0.1) is 0 Å². The van der Waals surface area contributed by atoms with Crippen LogP contribution < -0.4 is 4.90 Å². The summed E-state index contributed by atoms with van der Waals surface area (Å²) in [6.45, 7) is 0. The summed E-state index contributed by atoms with van der Waals surface area (Å²) in [6.07, 6.45) is 3.64. The molecule has 0 bridgehead atoms. The topological polar surface area (TPSA) is 59.3 Å². The number of nitro groups is 1. The van der Waals surface area contributed by atoms with E-state index in [9.17, 15) is 10.1 Å². The fraction of sp³-hybridized carbons (Fsp3) is 0.133. The Morgan fingerprint density at radius 1 is 1.10 bits per heavy atom. The summed E-state index contributed by atoms with van der Waals surface area (Å²) in [5.74, 6) is -0.143. The van der Waals surface area contributed by atoms with E-state index in [0.717, 1.165) is 11.3 Å². The number of aromatic nitrogens is 1. The SMILES string of the molecule is CN(C)c1ccc(/C=C/c2cccc([N+](=O)[O-])n2)cc1. The largest absolute Gasteiger partial charge is 0.378 e. The number of anilines is 1. The van der Waals surface area contributed by atoms with Crippen molar-refractivity contribution in [1.82, 2.24) is 4.98 Å². The Labute approximate surface area is 117 Å². The highest BCUT2D eigenvalue weighted by Gasteiger charge is 2.06. The number of hydrogen-bond donors (Lipinski definition) is 0. The van der Waals surface area contributed by atoms with E-state index in [1.54, 1.807) is 18.2 Å². The number of nitrogens with zero attached hydrogens (tertiary/aromatic N) is 3. The van der Waals surface area contributed by atoms with Crippen LogP contribution in [0.15, 0.2) is 42.5 Å². The predicted molar refractivity (Wildman–Crippen MR) is 80.6 cm³/mol. The Morgan fingerprint density at radius 3 is 2.40 bits per heavy atom. The summed E-state index contributed by atoms with van der Waals surface area (Å²) in [7, 11) is 3.97. The summed E-state index contributed by atoms with van der Waals surface area (Å²) in [4.78, 5) is 16.1. The van der Waals surface area contributed by atoms with Gasteiger partial charge in [-0.2, -0.15) is 0 Å². The van der Waals surface area contributed by atoms with E-state index >= 15 is 0 Å². The molecule has 0 amide bonds. The van der Waals surface area contributed by atoms with Crippen LogP contribution in [0.5, 0.6) is 0 Å². The summed E-state index contributed by atoms with van der Waals surface area (Å²) >= 11 is 0. The maximum atomic E-state index is 10.6. The Hall–Kier alpha value is -2.69. The van der Waals surface area contributed by atoms with Crippen LogP contribution in [0.2, 0.25) is 0 Å². The molecular formula is C15H15N3O2. The van der Waals surface area contributed by atoms with Crippen LogP contribution in [-0.2, 0) is 0 Å². The van der Waals surface area contributed by atoms with Gasteiger partial charge in [0.2, 0.25) is 0 Å². The van der Waals surface area contributed by atoms with E-state index in [-0.39, 0.29) is 5.82 Å². The van der Waals surface area contributed by atoms with Crippen molar-refractivity contribution in [2.24, 2.45) is 0 Å². The molecule has 0 atom stereocenters. The van der Waals surface area contributed by atoms with Crippen molar-refractivity contribution in [2.45, 2.75) is 0 Å². The van der Waals surface area contributed by atoms with Crippen LogP contribution in [0.1, 0.15) is 11.3 Å². The van der Waals surface area contributed by atoms with Gasteiger partial charge in [-0.05, 0) is 45.8 Å². The lowest BCUT2D eigenvalue weighted by Gasteiger charge is -2.11. The highest BCUT2D eigenvalue weighted by molar-refractivity contribution is 5.69. The fourth-order valence-electron chi connectivity index (χ4n) is 1.70. The van der Waals surface area contributed by atoms with Gasteiger partial charge in [0, 0.05) is 25.8 Å². The molecule has 0 saturated heterocycles. The molecule has 2 aromatic rings. The molecule has 5 heteroatoms. The van der Waals surface area contributed by atoms with Crippen molar-refractivity contribution in [2.75, 3.05) is 19.0 Å². The second-order valence-corrected chi connectivity index (χ2v) is 4.50. The van der Waals surface area contributed by atoms with E-state index in [0.29, 0.717) is 5.69 Å². The number of hydrogen-bond acceptors (Lipinski definition) is 4. The van der Waals surface area contributed by atoms with Gasteiger partial charge in [-0.25, -0.2) is 0 Å². The molecule has 0 aliphatic carbocycles. The highest BCUT2D eigenvalue weighted by atomic mass is 16.6. The van der Waals surface area contributed by atoms with E-state index < -0.39 is 4.92 Å². The third-order valence-electron chi connectivity index (χ3n) is 2.80. The molecule has 5 nitrogen and oxygen atoms in total. The molecule has 0 aliphatic rings. The lowest BCUT2D eigenvalue weighted by atomic mass is 10.1. The summed E-state index contributed by atoms with van der Waals surface area (Å²) in [5, 5.41) is 10.6. The molecule has 1 aromatic heterocycles. The van der Waals surface area contributed by atoms with E-state index in [4.69, 9.17) is 0 Å². The summed E-state index contributed by atoms with van der Waals surface area (Å²) in [6, 6.07) is 12.7. The summed E-state index contributed by atoms with van der Waals surface area (Å²) < 4.78 is 0. The maximum absolute atomic E-state index is 10.6. The van der Waals surface area contributed by atoms with Gasteiger partial charge in [-0.3, -0.25) is 0 Å². The van der Waals surface area contributed by atoms with Crippen molar-refractivity contribution in [3.05, 3.63) is 63.8 Å². The zero-order valence-corrected chi connectivity index (χ0v) is 11.4. The van der Waals surface area contributed by atoms with Gasteiger partial charge in [0.25, 0.3) is 0 Å². The quantitative estimate of drug-likeness (QED) is 0.631. The van der Waals surface area contributed by atoms with Crippen LogP contribution in [0.25, 0.3) is 12.2 Å². The zero-order valence-electron chi connectivity index (χ0n) is 11.4. The van der Waals surface area contributed by atoms with Gasteiger partial charge in [-0.1, -0.05) is 18.2 Å². The first-order chi connectivity index (χ1) is 9.56. The van der Waals surface area contributed by atoms with Crippen LogP contribution >= 0.6 is 0 Å². The van der Waals surface area contributed by atoms with Crippen molar-refractivity contribution in [3.8, 4) is 0 Å². The van der Waals surface area contributed by atoms with Gasteiger partial charge in [0.05, 0.1) is 0 Å². The zero-order chi connectivity index (χ0) is 14.5. The molecule has 1 heterocycles. The molecule has 0 saturated carbocycles.